The molecule has 2 heterocycles. The molecule has 0 N–H and O–H groups in total. The van der Waals surface area contributed by atoms with Crippen molar-refractivity contribution in [2.45, 2.75) is 12.5 Å². The van der Waals surface area contributed by atoms with Gasteiger partial charge in [0.1, 0.15) is 17.1 Å². The zero-order chi connectivity index (χ0) is 11.1. The van der Waals surface area contributed by atoms with Crippen LogP contribution in [-0.4, -0.2) is 20.3 Å². The summed E-state index contributed by atoms with van der Waals surface area (Å²) < 4.78 is 1.95. The van der Waals surface area contributed by atoms with Gasteiger partial charge in [-0.3, -0.25) is 4.79 Å². The van der Waals surface area contributed by atoms with Gasteiger partial charge in [-0.15, -0.1) is 0 Å². The van der Waals surface area contributed by atoms with Gasteiger partial charge in [-0.05, 0) is 12.1 Å². The number of rotatable bonds is 1. The van der Waals surface area contributed by atoms with Gasteiger partial charge in [0.05, 0.1) is 11.4 Å². The zero-order valence-electron chi connectivity index (χ0n) is 8.30. The van der Waals surface area contributed by atoms with Crippen molar-refractivity contribution in [1.82, 2.24) is 14.5 Å². The summed E-state index contributed by atoms with van der Waals surface area (Å²) in [5, 5.41) is 1.26. The molecule has 0 saturated carbocycles. The van der Waals surface area contributed by atoms with Crippen molar-refractivity contribution >= 4 is 28.4 Å². The molecule has 1 atom stereocenters. The third-order valence-electron chi connectivity index (χ3n) is 2.73. The Labute approximate surface area is 96.6 Å². The fourth-order valence-electron chi connectivity index (χ4n) is 1.96. The van der Waals surface area contributed by atoms with E-state index in [9.17, 15) is 4.79 Å². The van der Waals surface area contributed by atoms with E-state index in [1.54, 1.807) is 6.08 Å². The lowest BCUT2D eigenvalue weighted by atomic mass is 10.2. The van der Waals surface area contributed by atoms with Crippen LogP contribution in [0, 0.1) is 0 Å². The highest BCUT2D eigenvalue weighted by Crippen LogP contribution is 2.27. The van der Waals surface area contributed by atoms with E-state index in [4.69, 9.17) is 11.6 Å². The molecule has 4 nitrogen and oxygen atoms in total. The third kappa shape index (κ3) is 1.34. The summed E-state index contributed by atoms with van der Waals surface area (Å²) in [4.78, 5) is 19.3. The number of nitrogens with zero attached hydrogens (tertiary/aromatic N) is 3. The van der Waals surface area contributed by atoms with Crippen LogP contribution in [0.4, 0.5) is 0 Å². The molecule has 16 heavy (non-hydrogen) atoms. The van der Waals surface area contributed by atoms with E-state index in [0.29, 0.717) is 11.6 Å². The van der Waals surface area contributed by atoms with E-state index in [2.05, 4.69) is 9.97 Å². The summed E-state index contributed by atoms with van der Waals surface area (Å²) >= 11 is 5.96. The minimum Gasteiger partial charge on any atom is -0.325 e. The number of carbonyl (C=O) groups excluding carboxylic acids is 1. The van der Waals surface area contributed by atoms with Crippen LogP contribution < -0.4 is 0 Å². The molecule has 0 spiro atoms. The van der Waals surface area contributed by atoms with E-state index in [1.165, 1.54) is 6.33 Å². The molecule has 0 aromatic carbocycles. The van der Waals surface area contributed by atoms with Crippen LogP contribution in [0.25, 0.3) is 11.0 Å². The first-order chi connectivity index (χ1) is 7.75. The molecular formula is C11H8ClN3O. The average molecular weight is 234 g/mol. The Kier molecular flexibility index (Phi) is 2.04. The van der Waals surface area contributed by atoms with Crippen LogP contribution in [0.3, 0.4) is 0 Å². The lowest BCUT2D eigenvalue weighted by Crippen LogP contribution is -2.05. The molecular weight excluding hydrogens is 226 g/mol. The fraction of sp³-hybridized carbons (Fsp3) is 0.182. The fourth-order valence-corrected chi connectivity index (χ4v) is 2.15. The summed E-state index contributed by atoms with van der Waals surface area (Å²) in [6.45, 7) is 0. The molecule has 0 amide bonds. The van der Waals surface area contributed by atoms with Crippen LogP contribution in [0.2, 0.25) is 5.15 Å². The lowest BCUT2D eigenvalue weighted by molar-refractivity contribution is -0.114. The first-order valence-electron chi connectivity index (χ1n) is 4.94. The third-order valence-corrected chi connectivity index (χ3v) is 3.03. The summed E-state index contributed by atoms with van der Waals surface area (Å²) in [5.74, 6) is 0.145. The number of fused-ring (bicyclic) bond motifs is 1. The first-order valence-corrected chi connectivity index (χ1v) is 5.31. The topological polar surface area (TPSA) is 47.8 Å². The Morgan fingerprint density at radius 2 is 2.31 bits per heavy atom. The van der Waals surface area contributed by atoms with Crippen molar-refractivity contribution in [2.75, 3.05) is 0 Å². The molecule has 0 radical (unpaired) electrons. The number of hydrogen-bond acceptors (Lipinski definition) is 3. The van der Waals surface area contributed by atoms with E-state index in [1.807, 2.05) is 22.9 Å². The smallest absolute Gasteiger partial charge is 0.157 e. The molecule has 0 saturated heterocycles. The summed E-state index contributed by atoms with van der Waals surface area (Å²) in [7, 11) is 0. The van der Waals surface area contributed by atoms with E-state index in [-0.39, 0.29) is 11.8 Å². The maximum absolute atomic E-state index is 11.2. The molecule has 1 aliphatic carbocycles. The minimum atomic E-state index is 0.0518. The Morgan fingerprint density at radius 1 is 1.44 bits per heavy atom. The molecule has 0 unspecified atom stereocenters. The summed E-state index contributed by atoms with van der Waals surface area (Å²) in [5.41, 5.74) is 0.768. The molecule has 0 fully saturated rings. The number of aromatic nitrogens is 3. The normalized spacial score (nSPS) is 19.8. The highest BCUT2D eigenvalue weighted by molar-refractivity contribution is 6.33. The van der Waals surface area contributed by atoms with Crippen LogP contribution in [-0.2, 0) is 4.79 Å². The molecule has 5 heteroatoms. The molecule has 2 aromatic heterocycles. The van der Waals surface area contributed by atoms with Gasteiger partial charge in [0.25, 0.3) is 0 Å². The second-order valence-electron chi connectivity index (χ2n) is 3.72. The van der Waals surface area contributed by atoms with Gasteiger partial charge in [-0.2, -0.15) is 0 Å². The molecule has 2 aromatic rings. The van der Waals surface area contributed by atoms with Gasteiger partial charge in [0.15, 0.2) is 5.78 Å². The Bertz CT molecular complexity index is 602. The molecule has 1 aliphatic rings. The number of carbonyl (C=O) groups is 1. The van der Waals surface area contributed by atoms with Gasteiger partial charge in [0.2, 0.25) is 0 Å². The number of allylic oxidation sites excluding steroid dienone is 2. The van der Waals surface area contributed by atoms with Crippen molar-refractivity contribution in [3.05, 3.63) is 35.9 Å². The maximum Gasteiger partial charge on any atom is 0.157 e. The lowest BCUT2D eigenvalue weighted by Gasteiger charge is -2.09. The quantitative estimate of drug-likeness (QED) is 0.709. The van der Waals surface area contributed by atoms with Crippen LogP contribution in [0.5, 0.6) is 0 Å². The summed E-state index contributed by atoms with van der Waals surface area (Å²) in [6, 6.07) is 1.92. The van der Waals surface area contributed by atoms with Crippen molar-refractivity contribution < 1.29 is 4.79 Å². The van der Waals surface area contributed by atoms with E-state index < -0.39 is 0 Å². The van der Waals surface area contributed by atoms with Crippen molar-refractivity contribution in [2.24, 2.45) is 0 Å². The predicted octanol–water partition coefficient (Wildman–Crippen LogP) is 2.15. The second kappa shape index (κ2) is 3.42. The Morgan fingerprint density at radius 3 is 3.06 bits per heavy atom. The van der Waals surface area contributed by atoms with E-state index in [0.717, 1.165) is 11.0 Å². The SMILES string of the molecule is O=C1C=C[C@H](n2ccc3c(Cl)ncnc32)C1. The second-order valence-corrected chi connectivity index (χ2v) is 4.08. The molecule has 3 rings (SSSR count). The maximum atomic E-state index is 11.2. The van der Waals surface area contributed by atoms with E-state index >= 15 is 0 Å². The zero-order valence-corrected chi connectivity index (χ0v) is 9.05. The Balaban J connectivity index is 2.15. The number of halogens is 1. The first kappa shape index (κ1) is 9.54. The van der Waals surface area contributed by atoms with Gasteiger partial charge in [0, 0.05) is 12.6 Å². The Hall–Kier alpha value is -1.68. The van der Waals surface area contributed by atoms with Crippen LogP contribution in [0.15, 0.2) is 30.7 Å². The van der Waals surface area contributed by atoms with Gasteiger partial charge in [-0.1, -0.05) is 17.7 Å². The van der Waals surface area contributed by atoms with Gasteiger partial charge >= 0.3 is 0 Å². The van der Waals surface area contributed by atoms with Crippen molar-refractivity contribution in [3.8, 4) is 0 Å². The predicted molar refractivity (Wildman–Crippen MR) is 60.3 cm³/mol. The number of hydrogen-bond donors (Lipinski definition) is 0. The van der Waals surface area contributed by atoms with Gasteiger partial charge in [-0.25, -0.2) is 9.97 Å². The highest BCUT2D eigenvalue weighted by atomic mass is 35.5. The highest BCUT2D eigenvalue weighted by Gasteiger charge is 2.19. The van der Waals surface area contributed by atoms with Crippen molar-refractivity contribution in [1.29, 1.82) is 0 Å². The summed E-state index contributed by atoms with van der Waals surface area (Å²) in [6.07, 6.45) is 7.31. The molecule has 80 valence electrons. The molecule has 0 aliphatic heterocycles. The average Bonchev–Trinajstić information content (AvgIpc) is 2.84. The van der Waals surface area contributed by atoms with Crippen LogP contribution >= 0.6 is 11.6 Å². The molecule has 0 bridgehead atoms. The number of ketones is 1. The van der Waals surface area contributed by atoms with Crippen molar-refractivity contribution in [3.63, 3.8) is 0 Å². The van der Waals surface area contributed by atoms with Gasteiger partial charge < -0.3 is 4.57 Å². The van der Waals surface area contributed by atoms with Crippen LogP contribution in [0.1, 0.15) is 12.5 Å². The standard InChI is InChI=1S/C11H8ClN3O/c12-10-9-3-4-15(11(9)14-6-13-10)7-1-2-8(16)5-7/h1-4,6-7H,5H2/t7-/m0/s1. The monoisotopic (exact) mass is 233 g/mol. The minimum absolute atomic E-state index is 0.0518. The largest absolute Gasteiger partial charge is 0.325 e.